The Balaban J connectivity index is 2.11. The summed E-state index contributed by atoms with van der Waals surface area (Å²) in [6.45, 7) is 1.77. The molecule has 0 aliphatic heterocycles. The van der Waals surface area contributed by atoms with Crippen molar-refractivity contribution in [3.63, 3.8) is 0 Å². The van der Waals surface area contributed by atoms with Crippen molar-refractivity contribution in [3.8, 4) is 0 Å². The van der Waals surface area contributed by atoms with E-state index in [1.807, 2.05) is 17.5 Å². The highest BCUT2D eigenvalue weighted by Gasteiger charge is 2.12. The van der Waals surface area contributed by atoms with Gasteiger partial charge in [-0.15, -0.1) is 11.3 Å². The Hall–Kier alpha value is -1.36. The van der Waals surface area contributed by atoms with Crippen molar-refractivity contribution in [3.05, 3.63) is 56.2 Å². The minimum atomic E-state index is -0.613. The molecule has 98 valence electrons. The van der Waals surface area contributed by atoms with Gasteiger partial charge in [0.25, 0.3) is 0 Å². The highest BCUT2D eigenvalue weighted by molar-refractivity contribution is 7.12. The summed E-state index contributed by atoms with van der Waals surface area (Å²) in [6.07, 6.45) is 0. The number of benzene rings is 1. The molecular formula is C13H9Cl2NO2S. The van der Waals surface area contributed by atoms with E-state index in [-0.39, 0.29) is 10.6 Å². The minimum Gasteiger partial charge on any atom is -0.312 e. The van der Waals surface area contributed by atoms with Crippen LogP contribution < -0.4 is 0 Å². The van der Waals surface area contributed by atoms with Crippen LogP contribution in [0.4, 0.5) is 0 Å². The molecule has 0 atom stereocenters. The molecule has 1 aromatic carbocycles. The summed E-state index contributed by atoms with van der Waals surface area (Å²) in [5, 5.41) is 6.41. The van der Waals surface area contributed by atoms with Crippen molar-refractivity contribution in [2.45, 2.75) is 6.92 Å². The van der Waals surface area contributed by atoms with Gasteiger partial charge in [-0.25, -0.2) is 4.79 Å². The topological polar surface area (TPSA) is 38.7 Å². The van der Waals surface area contributed by atoms with Crippen LogP contribution in [0.5, 0.6) is 0 Å². The van der Waals surface area contributed by atoms with Crippen LogP contribution >= 0.6 is 34.5 Å². The average Bonchev–Trinajstić information content (AvgIpc) is 2.89. The van der Waals surface area contributed by atoms with E-state index in [1.165, 1.54) is 23.5 Å². The van der Waals surface area contributed by atoms with Gasteiger partial charge in [-0.2, -0.15) is 0 Å². The summed E-state index contributed by atoms with van der Waals surface area (Å²) in [6, 6.07) is 8.35. The quantitative estimate of drug-likeness (QED) is 0.470. The molecule has 3 nitrogen and oxygen atoms in total. The number of carbonyl (C=O) groups excluding carboxylic acids is 1. The fourth-order valence-electron chi connectivity index (χ4n) is 1.34. The lowest BCUT2D eigenvalue weighted by atomic mass is 10.2. The first kappa shape index (κ1) is 14.1. The lowest BCUT2D eigenvalue weighted by Crippen LogP contribution is -2.04. The molecule has 2 rings (SSSR count). The molecule has 2 aromatic rings. The van der Waals surface area contributed by atoms with Crippen molar-refractivity contribution in [1.82, 2.24) is 0 Å². The second kappa shape index (κ2) is 6.19. The Morgan fingerprint density at radius 1 is 1.32 bits per heavy atom. The smallest absolute Gasteiger partial charge is 0.312 e. The molecule has 0 radical (unpaired) electrons. The van der Waals surface area contributed by atoms with Gasteiger partial charge in [-0.1, -0.05) is 34.4 Å². The number of hydrogen-bond acceptors (Lipinski definition) is 4. The fourth-order valence-corrected chi connectivity index (χ4v) is 2.50. The van der Waals surface area contributed by atoms with Crippen LogP contribution in [0.2, 0.25) is 10.0 Å². The van der Waals surface area contributed by atoms with E-state index in [9.17, 15) is 4.79 Å². The van der Waals surface area contributed by atoms with E-state index in [0.29, 0.717) is 10.7 Å². The first-order chi connectivity index (χ1) is 9.08. The van der Waals surface area contributed by atoms with E-state index in [1.54, 1.807) is 13.0 Å². The molecule has 0 fully saturated rings. The molecule has 6 heteroatoms. The fraction of sp³-hybridized carbons (Fsp3) is 0.0769. The third kappa shape index (κ3) is 3.56. The van der Waals surface area contributed by atoms with Crippen LogP contribution in [0.1, 0.15) is 22.2 Å². The molecule has 0 saturated carbocycles. The van der Waals surface area contributed by atoms with Crippen molar-refractivity contribution >= 4 is 46.2 Å². The first-order valence-electron chi connectivity index (χ1n) is 5.33. The maximum atomic E-state index is 11.8. The number of hydrogen-bond donors (Lipinski definition) is 0. The number of rotatable bonds is 3. The number of oxime groups is 1. The predicted molar refractivity (Wildman–Crippen MR) is 78.4 cm³/mol. The van der Waals surface area contributed by atoms with Crippen LogP contribution in [-0.2, 0) is 4.84 Å². The van der Waals surface area contributed by atoms with Gasteiger partial charge in [0.1, 0.15) is 0 Å². The molecule has 0 N–H and O–H groups in total. The lowest BCUT2D eigenvalue weighted by molar-refractivity contribution is 0.0516. The van der Waals surface area contributed by atoms with Gasteiger partial charge in [0, 0.05) is 5.02 Å². The molecule has 19 heavy (non-hydrogen) atoms. The van der Waals surface area contributed by atoms with Crippen LogP contribution in [0.3, 0.4) is 0 Å². The van der Waals surface area contributed by atoms with Gasteiger partial charge in [-0.3, -0.25) is 0 Å². The van der Waals surface area contributed by atoms with Crippen LogP contribution in [0.25, 0.3) is 0 Å². The van der Waals surface area contributed by atoms with Gasteiger partial charge in [0.2, 0.25) is 0 Å². The Labute approximate surface area is 124 Å². The maximum absolute atomic E-state index is 11.8. The largest absolute Gasteiger partial charge is 0.367 e. The molecule has 1 heterocycles. The van der Waals surface area contributed by atoms with E-state index >= 15 is 0 Å². The summed E-state index contributed by atoms with van der Waals surface area (Å²) >= 11 is 13.2. The molecule has 1 aromatic heterocycles. The summed E-state index contributed by atoms with van der Waals surface area (Å²) < 4.78 is 0. The van der Waals surface area contributed by atoms with E-state index in [2.05, 4.69) is 5.16 Å². The standard InChI is InChI=1S/C13H9Cl2NO2S/c1-8(12-3-2-6-19-12)16-18-13(17)10-5-4-9(14)7-11(10)15/h2-7H,1H3. The van der Waals surface area contributed by atoms with Crippen molar-refractivity contribution in [2.24, 2.45) is 5.16 Å². The highest BCUT2D eigenvalue weighted by Crippen LogP contribution is 2.21. The molecule has 0 aliphatic rings. The van der Waals surface area contributed by atoms with Crippen molar-refractivity contribution < 1.29 is 9.63 Å². The summed E-state index contributed by atoms with van der Waals surface area (Å²) in [7, 11) is 0. The predicted octanol–water partition coefficient (Wildman–Crippen LogP) is 4.64. The number of thiophene rings is 1. The van der Waals surface area contributed by atoms with Crippen molar-refractivity contribution in [1.29, 1.82) is 0 Å². The zero-order valence-corrected chi connectivity index (χ0v) is 12.2. The minimum absolute atomic E-state index is 0.230. The van der Waals surface area contributed by atoms with Gasteiger partial charge in [0.05, 0.1) is 21.2 Å². The van der Waals surface area contributed by atoms with Gasteiger partial charge in [-0.05, 0) is 36.6 Å². The number of carbonyl (C=O) groups is 1. The summed E-state index contributed by atoms with van der Waals surface area (Å²) in [5.41, 5.74) is 0.863. The summed E-state index contributed by atoms with van der Waals surface area (Å²) in [4.78, 5) is 17.6. The van der Waals surface area contributed by atoms with E-state index < -0.39 is 5.97 Å². The second-order valence-electron chi connectivity index (χ2n) is 3.66. The van der Waals surface area contributed by atoms with E-state index in [4.69, 9.17) is 28.0 Å². The van der Waals surface area contributed by atoms with Crippen LogP contribution in [0.15, 0.2) is 40.9 Å². The average molecular weight is 314 g/mol. The summed E-state index contributed by atoms with van der Waals surface area (Å²) in [5.74, 6) is -0.613. The molecule has 0 amide bonds. The number of halogens is 2. The number of nitrogens with zero attached hydrogens (tertiary/aromatic N) is 1. The monoisotopic (exact) mass is 313 g/mol. The molecule has 0 spiro atoms. The molecule has 0 bridgehead atoms. The van der Waals surface area contributed by atoms with Crippen LogP contribution in [-0.4, -0.2) is 11.7 Å². The van der Waals surface area contributed by atoms with E-state index in [0.717, 1.165) is 4.88 Å². The third-order valence-electron chi connectivity index (χ3n) is 2.29. The molecule has 0 saturated heterocycles. The SMILES string of the molecule is CC(=NOC(=O)c1ccc(Cl)cc1Cl)c1cccs1. The Morgan fingerprint density at radius 2 is 2.11 bits per heavy atom. The first-order valence-corrected chi connectivity index (χ1v) is 6.96. The third-order valence-corrected chi connectivity index (χ3v) is 3.82. The van der Waals surface area contributed by atoms with Crippen LogP contribution in [0, 0.1) is 0 Å². The zero-order valence-electron chi connectivity index (χ0n) is 9.89. The highest BCUT2D eigenvalue weighted by atomic mass is 35.5. The molecular weight excluding hydrogens is 305 g/mol. The zero-order chi connectivity index (χ0) is 13.8. The van der Waals surface area contributed by atoms with Gasteiger partial charge < -0.3 is 4.84 Å². The van der Waals surface area contributed by atoms with Gasteiger partial charge >= 0.3 is 5.97 Å². The Morgan fingerprint density at radius 3 is 2.74 bits per heavy atom. The Bertz CT molecular complexity index is 624. The maximum Gasteiger partial charge on any atom is 0.367 e. The van der Waals surface area contributed by atoms with Gasteiger partial charge in [0.15, 0.2) is 0 Å². The molecule has 0 unspecified atom stereocenters. The normalized spacial score (nSPS) is 11.4. The molecule has 0 aliphatic carbocycles. The lowest BCUT2D eigenvalue weighted by Gasteiger charge is -2.02. The second-order valence-corrected chi connectivity index (χ2v) is 5.45. The Kier molecular flexibility index (Phi) is 4.58. The van der Waals surface area contributed by atoms with Crippen molar-refractivity contribution in [2.75, 3.05) is 0 Å².